The number of hydrogen-bond donors (Lipinski definition) is 2. The normalized spacial score (nSPS) is 21.3. The third-order valence-electron chi connectivity index (χ3n) is 3.67. The van der Waals surface area contributed by atoms with Crippen molar-refractivity contribution in [3.8, 4) is 0 Å². The van der Waals surface area contributed by atoms with Gasteiger partial charge in [-0.25, -0.2) is 4.79 Å². The molecule has 1 fully saturated rings. The Morgan fingerprint density at radius 2 is 2.05 bits per heavy atom. The number of aliphatic carboxylic acids is 1. The minimum Gasteiger partial charge on any atom is -0.481 e. The maximum atomic E-state index is 12.0. The van der Waals surface area contributed by atoms with Gasteiger partial charge in [-0.05, 0) is 38.5 Å². The Bertz CT molecular complexity index is 318. The van der Waals surface area contributed by atoms with Crippen molar-refractivity contribution in [3.63, 3.8) is 0 Å². The Morgan fingerprint density at radius 3 is 2.58 bits per heavy atom. The monoisotopic (exact) mass is 270 g/mol. The molecule has 0 aromatic heterocycles. The fourth-order valence-electron chi connectivity index (χ4n) is 2.55. The molecule has 1 aliphatic rings. The van der Waals surface area contributed by atoms with Gasteiger partial charge in [-0.3, -0.25) is 4.79 Å². The number of likely N-dealkylation sites (tertiary alicyclic amines) is 1. The first kappa shape index (κ1) is 15.8. The lowest BCUT2D eigenvalue weighted by Gasteiger charge is -2.33. The third kappa shape index (κ3) is 5.09. The second kappa shape index (κ2) is 7.36. The smallest absolute Gasteiger partial charge is 0.317 e. The average Bonchev–Trinajstić information content (AvgIpc) is 2.34. The molecule has 0 aromatic carbocycles. The number of urea groups is 1. The number of carbonyl (C=O) groups is 2. The summed E-state index contributed by atoms with van der Waals surface area (Å²) in [7, 11) is 0. The summed E-state index contributed by atoms with van der Waals surface area (Å²) in [5.74, 6) is -1.02. The van der Waals surface area contributed by atoms with Gasteiger partial charge in [-0.2, -0.15) is 0 Å². The maximum Gasteiger partial charge on any atom is 0.317 e. The van der Waals surface area contributed by atoms with Crippen LogP contribution in [0.2, 0.25) is 0 Å². The summed E-state index contributed by atoms with van der Waals surface area (Å²) in [4.78, 5) is 25.0. The highest BCUT2D eigenvalue weighted by molar-refractivity contribution is 5.76. The van der Waals surface area contributed by atoms with E-state index in [0.717, 1.165) is 25.8 Å². The summed E-state index contributed by atoms with van der Waals surface area (Å²) in [5, 5.41) is 11.9. The number of hydrogen-bond acceptors (Lipinski definition) is 2. The topological polar surface area (TPSA) is 69.6 Å². The van der Waals surface area contributed by atoms with E-state index < -0.39 is 11.9 Å². The van der Waals surface area contributed by atoms with E-state index in [1.165, 1.54) is 0 Å². The van der Waals surface area contributed by atoms with Gasteiger partial charge in [-0.15, -0.1) is 0 Å². The molecular weight excluding hydrogens is 244 g/mol. The van der Waals surface area contributed by atoms with Crippen LogP contribution in [0.4, 0.5) is 4.79 Å². The Hall–Kier alpha value is -1.26. The molecule has 1 aliphatic heterocycles. The fourth-order valence-corrected chi connectivity index (χ4v) is 2.55. The van der Waals surface area contributed by atoms with E-state index in [2.05, 4.69) is 5.32 Å². The predicted molar refractivity (Wildman–Crippen MR) is 74.0 cm³/mol. The second-order valence-corrected chi connectivity index (χ2v) is 5.89. The number of nitrogens with one attached hydrogen (secondary N) is 1. The molecule has 2 atom stereocenters. The first-order valence-corrected chi connectivity index (χ1v) is 7.19. The van der Waals surface area contributed by atoms with Gasteiger partial charge < -0.3 is 15.3 Å². The van der Waals surface area contributed by atoms with Crippen LogP contribution in [0.1, 0.15) is 46.5 Å². The van der Waals surface area contributed by atoms with E-state index in [0.29, 0.717) is 12.3 Å². The van der Waals surface area contributed by atoms with E-state index >= 15 is 0 Å². The highest BCUT2D eigenvalue weighted by Crippen LogP contribution is 2.16. The zero-order valence-corrected chi connectivity index (χ0v) is 12.2. The van der Waals surface area contributed by atoms with Crippen LogP contribution < -0.4 is 5.32 Å². The van der Waals surface area contributed by atoms with Gasteiger partial charge in [0.05, 0.1) is 5.92 Å². The molecule has 0 unspecified atom stereocenters. The minimum absolute atomic E-state index is 0.123. The Balaban J connectivity index is 2.44. The number of piperidine rings is 1. The van der Waals surface area contributed by atoms with Crippen LogP contribution >= 0.6 is 0 Å². The molecule has 5 heteroatoms. The first-order chi connectivity index (χ1) is 8.91. The molecule has 2 amide bonds. The first-order valence-electron chi connectivity index (χ1n) is 7.19. The fraction of sp³-hybridized carbons (Fsp3) is 0.857. The number of carboxylic acids is 1. The molecule has 2 N–H and O–H groups in total. The lowest BCUT2D eigenvalue weighted by atomic mass is 9.97. The number of carboxylic acid groups (broad SMARTS) is 1. The van der Waals surface area contributed by atoms with Gasteiger partial charge in [0.25, 0.3) is 0 Å². The van der Waals surface area contributed by atoms with Crippen molar-refractivity contribution < 1.29 is 14.7 Å². The second-order valence-electron chi connectivity index (χ2n) is 5.89. The molecule has 0 aliphatic carbocycles. The molecule has 0 radical (unpaired) electrons. The van der Waals surface area contributed by atoms with Gasteiger partial charge in [0.15, 0.2) is 0 Å². The Labute approximate surface area is 115 Å². The lowest BCUT2D eigenvalue weighted by Crippen LogP contribution is -2.49. The van der Waals surface area contributed by atoms with Crippen LogP contribution in [-0.2, 0) is 4.79 Å². The van der Waals surface area contributed by atoms with Gasteiger partial charge in [0, 0.05) is 19.1 Å². The third-order valence-corrected chi connectivity index (χ3v) is 3.67. The van der Waals surface area contributed by atoms with Crippen LogP contribution in [0.3, 0.4) is 0 Å². The summed E-state index contributed by atoms with van der Waals surface area (Å²) in [6.45, 7) is 7.01. The maximum absolute atomic E-state index is 12.0. The largest absolute Gasteiger partial charge is 0.481 e. The summed E-state index contributed by atoms with van der Waals surface area (Å²) in [6.07, 6.45) is 3.81. The van der Waals surface area contributed by atoms with Crippen LogP contribution in [-0.4, -0.2) is 41.1 Å². The van der Waals surface area contributed by atoms with Crippen LogP contribution in [0, 0.1) is 11.8 Å². The van der Waals surface area contributed by atoms with Crippen molar-refractivity contribution in [1.82, 2.24) is 10.2 Å². The number of rotatable bonds is 5. The molecular formula is C14H26N2O3. The van der Waals surface area contributed by atoms with Crippen molar-refractivity contribution >= 4 is 12.0 Å². The van der Waals surface area contributed by atoms with Crippen molar-refractivity contribution in [2.24, 2.45) is 11.8 Å². The van der Waals surface area contributed by atoms with E-state index in [1.54, 1.807) is 0 Å². The van der Waals surface area contributed by atoms with Crippen LogP contribution in [0.5, 0.6) is 0 Å². The molecule has 1 rings (SSSR count). The summed E-state index contributed by atoms with van der Waals surface area (Å²) in [5.41, 5.74) is 0. The van der Waals surface area contributed by atoms with Gasteiger partial charge in [-0.1, -0.05) is 13.8 Å². The van der Waals surface area contributed by atoms with E-state index in [-0.39, 0.29) is 18.6 Å². The molecule has 19 heavy (non-hydrogen) atoms. The van der Waals surface area contributed by atoms with Crippen molar-refractivity contribution in [1.29, 1.82) is 0 Å². The zero-order chi connectivity index (χ0) is 14.4. The summed E-state index contributed by atoms with van der Waals surface area (Å²) in [6, 6.07) is 0.129. The lowest BCUT2D eigenvalue weighted by molar-refractivity contribution is -0.142. The summed E-state index contributed by atoms with van der Waals surface area (Å²) < 4.78 is 0. The molecule has 1 heterocycles. The summed E-state index contributed by atoms with van der Waals surface area (Å²) >= 11 is 0. The average molecular weight is 270 g/mol. The van der Waals surface area contributed by atoms with E-state index in [1.807, 2.05) is 25.7 Å². The molecule has 110 valence electrons. The van der Waals surface area contributed by atoms with Crippen LogP contribution in [0.25, 0.3) is 0 Å². The highest BCUT2D eigenvalue weighted by Gasteiger charge is 2.25. The molecule has 0 spiro atoms. The Kier molecular flexibility index (Phi) is 6.12. The standard InChI is InChI=1S/C14H26N2O3/c1-10(2)8-12(13(17)18)9-15-14(19)16-7-5-4-6-11(16)3/h10-12H,4-9H2,1-3H3,(H,15,19)(H,17,18)/t11-,12-/m0/s1. The Morgan fingerprint density at radius 1 is 1.37 bits per heavy atom. The van der Waals surface area contributed by atoms with E-state index in [9.17, 15) is 9.59 Å². The number of amides is 2. The quantitative estimate of drug-likeness (QED) is 0.805. The van der Waals surface area contributed by atoms with Crippen molar-refractivity contribution in [2.45, 2.75) is 52.5 Å². The minimum atomic E-state index is -0.833. The number of nitrogens with zero attached hydrogens (tertiary/aromatic N) is 1. The van der Waals surface area contributed by atoms with Gasteiger partial charge >= 0.3 is 12.0 Å². The molecule has 0 bridgehead atoms. The SMILES string of the molecule is CC(C)C[C@@H](CNC(=O)N1CCCC[C@@H]1C)C(=O)O. The van der Waals surface area contributed by atoms with Crippen molar-refractivity contribution in [3.05, 3.63) is 0 Å². The predicted octanol–water partition coefficient (Wildman–Crippen LogP) is 2.32. The molecule has 1 saturated heterocycles. The van der Waals surface area contributed by atoms with Gasteiger partial charge in [0.1, 0.15) is 0 Å². The van der Waals surface area contributed by atoms with E-state index in [4.69, 9.17) is 5.11 Å². The number of carbonyl (C=O) groups excluding carboxylic acids is 1. The van der Waals surface area contributed by atoms with Gasteiger partial charge in [0.2, 0.25) is 0 Å². The molecule has 0 saturated carbocycles. The van der Waals surface area contributed by atoms with Crippen LogP contribution in [0.15, 0.2) is 0 Å². The zero-order valence-electron chi connectivity index (χ0n) is 12.2. The molecule has 0 aromatic rings. The molecule has 5 nitrogen and oxygen atoms in total. The highest BCUT2D eigenvalue weighted by atomic mass is 16.4. The van der Waals surface area contributed by atoms with Crippen molar-refractivity contribution in [2.75, 3.05) is 13.1 Å².